The van der Waals surface area contributed by atoms with Gasteiger partial charge in [-0.2, -0.15) is 0 Å². The van der Waals surface area contributed by atoms with E-state index in [1.54, 1.807) is 18.5 Å². The summed E-state index contributed by atoms with van der Waals surface area (Å²) in [7, 11) is 0. The third-order valence-electron chi connectivity index (χ3n) is 3.64. The van der Waals surface area contributed by atoms with Crippen LogP contribution < -0.4 is 10.2 Å². The van der Waals surface area contributed by atoms with Gasteiger partial charge in [-0.3, -0.25) is 4.79 Å². The summed E-state index contributed by atoms with van der Waals surface area (Å²) >= 11 is 0. The van der Waals surface area contributed by atoms with Crippen LogP contribution in [0.15, 0.2) is 35.3 Å². The molecule has 22 heavy (non-hydrogen) atoms. The largest absolute Gasteiger partial charge is 0.386 e. The molecule has 0 radical (unpaired) electrons. The van der Waals surface area contributed by atoms with E-state index < -0.39 is 5.60 Å². The monoisotopic (exact) mass is 303 g/mol. The van der Waals surface area contributed by atoms with Crippen molar-refractivity contribution in [2.24, 2.45) is 0 Å². The average molecular weight is 303 g/mol. The number of β-amino-alcohol motifs (C(OH)–C–C–N with tert-alkyl or cyclic N) is 1. The number of nitrogens with one attached hydrogen (secondary N) is 1. The van der Waals surface area contributed by atoms with Crippen LogP contribution in [-0.2, 0) is 0 Å². The predicted octanol–water partition coefficient (Wildman–Crippen LogP) is 0.226. The topological polar surface area (TPSA) is 104 Å². The third kappa shape index (κ3) is 3.22. The van der Waals surface area contributed by atoms with E-state index in [1.165, 1.54) is 12.3 Å². The minimum absolute atomic E-state index is 0.141. The lowest BCUT2D eigenvalue weighted by Gasteiger charge is -2.39. The van der Waals surface area contributed by atoms with Gasteiger partial charge in [0.25, 0.3) is 5.91 Å². The first kappa shape index (κ1) is 14.5. The van der Waals surface area contributed by atoms with Crippen LogP contribution in [0.3, 0.4) is 0 Å². The highest BCUT2D eigenvalue weighted by Gasteiger charge is 2.34. The van der Waals surface area contributed by atoms with Gasteiger partial charge < -0.3 is 19.8 Å². The van der Waals surface area contributed by atoms with Gasteiger partial charge in [0, 0.05) is 31.5 Å². The summed E-state index contributed by atoms with van der Waals surface area (Å²) in [6, 6.07) is 3.22. The second-order valence-corrected chi connectivity index (χ2v) is 5.37. The number of aromatic nitrogens is 3. The zero-order valence-corrected chi connectivity index (χ0v) is 12.0. The van der Waals surface area contributed by atoms with E-state index in [2.05, 4.69) is 25.0 Å². The molecule has 0 aromatic carbocycles. The van der Waals surface area contributed by atoms with E-state index >= 15 is 0 Å². The Morgan fingerprint density at radius 2 is 2.27 bits per heavy atom. The minimum atomic E-state index is -1.02. The van der Waals surface area contributed by atoms with Crippen molar-refractivity contribution in [3.05, 3.63) is 36.5 Å². The van der Waals surface area contributed by atoms with Crippen molar-refractivity contribution in [2.75, 3.05) is 24.5 Å². The van der Waals surface area contributed by atoms with Crippen LogP contribution in [0.5, 0.6) is 0 Å². The lowest BCUT2D eigenvalue weighted by Crippen LogP contribution is -2.54. The molecule has 1 amide bonds. The van der Waals surface area contributed by atoms with Gasteiger partial charge >= 0.3 is 0 Å². The second kappa shape index (κ2) is 6.10. The van der Waals surface area contributed by atoms with Crippen molar-refractivity contribution in [1.29, 1.82) is 0 Å². The summed E-state index contributed by atoms with van der Waals surface area (Å²) in [5.41, 5.74) is -0.820. The number of hydrogen-bond acceptors (Lipinski definition) is 7. The Kier molecular flexibility index (Phi) is 4.01. The molecule has 1 atom stereocenters. The Bertz CT molecular complexity index is 619. The van der Waals surface area contributed by atoms with Crippen molar-refractivity contribution in [2.45, 2.75) is 18.4 Å². The fraction of sp³-hybridized carbons (Fsp3) is 0.429. The van der Waals surface area contributed by atoms with E-state index in [4.69, 9.17) is 0 Å². The molecule has 0 spiro atoms. The van der Waals surface area contributed by atoms with Crippen LogP contribution in [0.2, 0.25) is 0 Å². The van der Waals surface area contributed by atoms with E-state index in [0.29, 0.717) is 18.9 Å². The summed E-state index contributed by atoms with van der Waals surface area (Å²) in [4.78, 5) is 22.2. The summed E-state index contributed by atoms with van der Waals surface area (Å²) in [5.74, 6) is 0.221. The smallest absolute Gasteiger partial charge is 0.273 e. The molecule has 1 aliphatic rings. The zero-order valence-electron chi connectivity index (χ0n) is 12.0. The number of rotatable bonds is 4. The highest BCUT2D eigenvalue weighted by atomic mass is 16.5. The van der Waals surface area contributed by atoms with E-state index in [1.807, 2.05) is 4.90 Å². The highest BCUT2D eigenvalue weighted by Crippen LogP contribution is 2.23. The highest BCUT2D eigenvalue weighted by molar-refractivity contribution is 5.91. The van der Waals surface area contributed by atoms with Gasteiger partial charge in [0.15, 0.2) is 5.69 Å². The van der Waals surface area contributed by atoms with Crippen LogP contribution >= 0.6 is 0 Å². The fourth-order valence-corrected chi connectivity index (χ4v) is 2.55. The molecule has 0 bridgehead atoms. The van der Waals surface area contributed by atoms with E-state index in [0.717, 1.165) is 13.0 Å². The van der Waals surface area contributed by atoms with Crippen molar-refractivity contribution in [1.82, 2.24) is 20.4 Å². The number of aliphatic hydroxyl groups is 1. The minimum Gasteiger partial charge on any atom is -0.386 e. The SMILES string of the molecule is O=C(NC[C@]1(O)CCCN(c2ncccn2)C1)c1ccon1. The Hall–Kier alpha value is -2.48. The molecule has 0 aliphatic carbocycles. The Labute approximate surface area is 127 Å². The molecular weight excluding hydrogens is 286 g/mol. The molecule has 2 aromatic heterocycles. The zero-order chi connectivity index (χ0) is 15.4. The first-order valence-electron chi connectivity index (χ1n) is 7.09. The van der Waals surface area contributed by atoms with Crippen molar-refractivity contribution >= 4 is 11.9 Å². The van der Waals surface area contributed by atoms with Crippen LogP contribution in [0.1, 0.15) is 23.3 Å². The number of amides is 1. The molecule has 8 heteroatoms. The summed E-state index contributed by atoms with van der Waals surface area (Å²) in [5, 5.41) is 16.9. The number of piperidine rings is 1. The van der Waals surface area contributed by atoms with Crippen LogP contribution in [0.25, 0.3) is 0 Å². The van der Waals surface area contributed by atoms with Crippen LogP contribution in [0.4, 0.5) is 5.95 Å². The van der Waals surface area contributed by atoms with Gasteiger partial charge in [0.1, 0.15) is 6.26 Å². The van der Waals surface area contributed by atoms with Crippen molar-refractivity contribution < 1.29 is 14.4 Å². The Balaban J connectivity index is 1.61. The Morgan fingerprint density at radius 3 is 3.00 bits per heavy atom. The lowest BCUT2D eigenvalue weighted by molar-refractivity contribution is 0.0251. The summed E-state index contributed by atoms with van der Waals surface area (Å²) in [6.45, 7) is 1.29. The maximum atomic E-state index is 11.9. The molecular formula is C14H17N5O3. The summed E-state index contributed by atoms with van der Waals surface area (Å²) in [6.07, 6.45) is 6.08. The number of carbonyl (C=O) groups is 1. The molecule has 116 valence electrons. The van der Waals surface area contributed by atoms with Crippen molar-refractivity contribution in [3.63, 3.8) is 0 Å². The van der Waals surface area contributed by atoms with Crippen LogP contribution in [-0.4, -0.2) is 51.4 Å². The second-order valence-electron chi connectivity index (χ2n) is 5.37. The van der Waals surface area contributed by atoms with Gasteiger partial charge in [-0.15, -0.1) is 0 Å². The molecule has 2 N–H and O–H groups in total. The van der Waals surface area contributed by atoms with Gasteiger partial charge in [0.2, 0.25) is 5.95 Å². The molecule has 1 fully saturated rings. The maximum Gasteiger partial charge on any atom is 0.273 e. The molecule has 0 unspecified atom stereocenters. The van der Waals surface area contributed by atoms with Gasteiger partial charge in [-0.25, -0.2) is 9.97 Å². The average Bonchev–Trinajstić information content (AvgIpc) is 3.08. The van der Waals surface area contributed by atoms with E-state index in [9.17, 15) is 9.90 Å². The molecule has 0 saturated carbocycles. The number of carbonyl (C=O) groups excluding carboxylic acids is 1. The molecule has 3 heterocycles. The lowest BCUT2D eigenvalue weighted by atomic mass is 9.93. The fourth-order valence-electron chi connectivity index (χ4n) is 2.55. The molecule has 2 aromatic rings. The van der Waals surface area contributed by atoms with E-state index in [-0.39, 0.29) is 18.1 Å². The standard InChI is InChI=1S/C14H17N5O3/c20-12(11-3-8-22-18-11)17-9-14(21)4-1-7-19(10-14)13-15-5-2-6-16-13/h2-3,5-6,8,21H,1,4,7,9-10H2,(H,17,20)/t14-/m1/s1. The number of hydrogen-bond donors (Lipinski definition) is 2. The van der Waals surface area contributed by atoms with Crippen LogP contribution in [0, 0.1) is 0 Å². The van der Waals surface area contributed by atoms with Gasteiger partial charge in [0.05, 0.1) is 12.1 Å². The third-order valence-corrected chi connectivity index (χ3v) is 3.64. The summed E-state index contributed by atoms with van der Waals surface area (Å²) < 4.78 is 4.63. The molecule has 1 aliphatic heterocycles. The molecule has 1 saturated heterocycles. The Morgan fingerprint density at radius 1 is 1.45 bits per heavy atom. The van der Waals surface area contributed by atoms with Crippen molar-refractivity contribution in [3.8, 4) is 0 Å². The van der Waals surface area contributed by atoms with Gasteiger partial charge in [-0.1, -0.05) is 5.16 Å². The number of anilines is 1. The normalized spacial score (nSPS) is 21.6. The quantitative estimate of drug-likeness (QED) is 0.832. The maximum absolute atomic E-state index is 11.9. The predicted molar refractivity (Wildman–Crippen MR) is 77.3 cm³/mol. The van der Waals surface area contributed by atoms with Gasteiger partial charge in [-0.05, 0) is 18.9 Å². The molecule has 8 nitrogen and oxygen atoms in total. The number of nitrogens with zero attached hydrogens (tertiary/aromatic N) is 4. The first-order chi connectivity index (χ1) is 10.7. The first-order valence-corrected chi connectivity index (χ1v) is 7.09. The molecule has 3 rings (SSSR count).